The average Bonchev–Trinajstić information content (AvgIpc) is 2.19. The normalized spacial score (nSPS) is 10.7. The lowest BCUT2D eigenvalue weighted by Crippen LogP contribution is -2.07. The first-order chi connectivity index (χ1) is 7.13. The van der Waals surface area contributed by atoms with E-state index in [1.165, 1.54) is 6.07 Å². The Morgan fingerprint density at radius 1 is 1.53 bits per heavy atom. The summed E-state index contributed by atoms with van der Waals surface area (Å²) in [5.74, 6) is 0.637. The van der Waals surface area contributed by atoms with Crippen molar-refractivity contribution in [3.8, 4) is 5.88 Å². The minimum Gasteiger partial charge on any atom is -0.477 e. The van der Waals surface area contributed by atoms with Gasteiger partial charge < -0.3 is 10.5 Å². The number of nitrogens with two attached hydrogens (primary N) is 1. The summed E-state index contributed by atoms with van der Waals surface area (Å²) in [6.07, 6.45) is 2.09. The van der Waals surface area contributed by atoms with Crippen LogP contribution in [0.1, 0.15) is 25.8 Å². The molecule has 0 atom stereocenters. The quantitative estimate of drug-likeness (QED) is 0.813. The van der Waals surface area contributed by atoms with E-state index in [0.29, 0.717) is 24.0 Å². The molecule has 15 heavy (non-hydrogen) atoms. The second kappa shape index (κ2) is 5.66. The smallest absolute Gasteiger partial charge is 0.218 e. The standard InChI is InChI=1S/C11H17FN2O/c1-8(2)3-4-15-11-9(6-13)5-10(12)7-14-11/h5,7-8H,3-4,6,13H2,1-2H3. The van der Waals surface area contributed by atoms with E-state index in [4.69, 9.17) is 10.5 Å². The predicted octanol–water partition coefficient (Wildman–Crippen LogP) is 2.10. The molecule has 0 unspecified atom stereocenters. The van der Waals surface area contributed by atoms with Crippen LogP contribution in [0, 0.1) is 11.7 Å². The van der Waals surface area contributed by atoms with Crippen molar-refractivity contribution in [3.63, 3.8) is 0 Å². The summed E-state index contributed by atoms with van der Waals surface area (Å²) in [5, 5.41) is 0. The summed E-state index contributed by atoms with van der Waals surface area (Å²) in [6.45, 7) is 5.06. The molecule has 0 aromatic carbocycles. The van der Waals surface area contributed by atoms with Gasteiger partial charge in [0, 0.05) is 12.1 Å². The molecule has 3 nitrogen and oxygen atoms in total. The van der Waals surface area contributed by atoms with Gasteiger partial charge in [-0.2, -0.15) is 0 Å². The molecule has 0 fully saturated rings. The molecule has 0 aliphatic rings. The third-order valence-corrected chi connectivity index (χ3v) is 2.05. The largest absolute Gasteiger partial charge is 0.477 e. The Bertz CT molecular complexity index is 315. The lowest BCUT2D eigenvalue weighted by molar-refractivity contribution is 0.276. The van der Waals surface area contributed by atoms with Crippen molar-refractivity contribution in [2.45, 2.75) is 26.8 Å². The highest BCUT2D eigenvalue weighted by Gasteiger charge is 2.05. The van der Waals surface area contributed by atoms with Gasteiger partial charge in [0.1, 0.15) is 5.82 Å². The van der Waals surface area contributed by atoms with Crippen LogP contribution in [0.5, 0.6) is 5.88 Å². The Morgan fingerprint density at radius 2 is 2.27 bits per heavy atom. The van der Waals surface area contributed by atoms with Crippen LogP contribution in [0.4, 0.5) is 4.39 Å². The molecule has 0 aliphatic carbocycles. The number of hydrogen-bond donors (Lipinski definition) is 1. The lowest BCUT2D eigenvalue weighted by Gasteiger charge is -2.10. The highest BCUT2D eigenvalue weighted by Crippen LogP contribution is 2.16. The summed E-state index contributed by atoms with van der Waals surface area (Å²) in [6, 6.07) is 1.36. The summed E-state index contributed by atoms with van der Waals surface area (Å²) in [5.41, 5.74) is 6.07. The van der Waals surface area contributed by atoms with Crippen molar-refractivity contribution in [1.29, 1.82) is 0 Å². The van der Waals surface area contributed by atoms with Crippen LogP contribution in [0.3, 0.4) is 0 Å². The van der Waals surface area contributed by atoms with Gasteiger partial charge in [-0.3, -0.25) is 0 Å². The highest BCUT2D eigenvalue weighted by molar-refractivity contribution is 5.25. The summed E-state index contributed by atoms with van der Waals surface area (Å²) >= 11 is 0. The molecule has 4 heteroatoms. The van der Waals surface area contributed by atoms with Gasteiger partial charge >= 0.3 is 0 Å². The van der Waals surface area contributed by atoms with Gasteiger partial charge in [0.25, 0.3) is 0 Å². The monoisotopic (exact) mass is 212 g/mol. The van der Waals surface area contributed by atoms with Crippen LogP contribution in [0.15, 0.2) is 12.3 Å². The number of rotatable bonds is 5. The minimum atomic E-state index is -0.383. The van der Waals surface area contributed by atoms with E-state index in [1.807, 2.05) is 0 Å². The molecule has 1 rings (SSSR count). The minimum absolute atomic E-state index is 0.238. The second-order valence-electron chi connectivity index (χ2n) is 3.85. The Labute approximate surface area is 89.5 Å². The van der Waals surface area contributed by atoms with Gasteiger partial charge in [0.05, 0.1) is 12.8 Å². The van der Waals surface area contributed by atoms with Crippen LogP contribution in [0.25, 0.3) is 0 Å². The van der Waals surface area contributed by atoms with Crippen molar-refractivity contribution in [3.05, 3.63) is 23.6 Å². The van der Waals surface area contributed by atoms with E-state index in [1.54, 1.807) is 0 Å². The molecule has 0 saturated carbocycles. The molecule has 1 aromatic rings. The number of halogens is 1. The molecule has 0 bridgehead atoms. The molecule has 1 heterocycles. The first-order valence-electron chi connectivity index (χ1n) is 5.10. The zero-order valence-corrected chi connectivity index (χ0v) is 9.16. The topological polar surface area (TPSA) is 48.1 Å². The number of ether oxygens (including phenoxy) is 1. The van der Waals surface area contributed by atoms with E-state index in [-0.39, 0.29) is 12.4 Å². The predicted molar refractivity (Wildman–Crippen MR) is 57.0 cm³/mol. The third kappa shape index (κ3) is 3.83. The maximum Gasteiger partial charge on any atom is 0.218 e. The van der Waals surface area contributed by atoms with Crippen molar-refractivity contribution in [2.75, 3.05) is 6.61 Å². The number of nitrogens with zero attached hydrogens (tertiary/aromatic N) is 1. The number of aromatic nitrogens is 1. The first kappa shape index (κ1) is 11.9. The Hall–Kier alpha value is -1.16. The van der Waals surface area contributed by atoms with Gasteiger partial charge in [0.15, 0.2) is 0 Å². The molecule has 0 amide bonds. The van der Waals surface area contributed by atoms with Crippen LogP contribution < -0.4 is 10.5 Å². The van der Waals surface area contributed by atoms with Gasteiger partial charge in [-0.25, -0.2) is 9.37 Å². The van der Waals surface area contributed by atoms with Crippen LogP contribution >= 0.6 is 0 Å². The molecule has 0 aliphatic heterocycles. The Kier molecular flexibility index (Phi) is 4.49. The molecule has 0 radical (unpaired) electrons. The molecule has 0 saturated heterocycles. The Balaban J connectivity index is 2.60. The van der Waals surface area contributed by atoms with Crippen molar-refractivity contribution in [1.82, 2.24) is 4.98 Å². The summed E-state index contributed by atoms with van der Waals surface area (Å²) in [7, 11) is 0. The van der Waals surface area contributed by atoms with Crippen molar-refractivity contribution in [2.24, 2.45) is 11.7 Å². The van der Waals surface area contributed by atoms with Gasteiger partial charge in [0.2, 0.25) is 5.88 Å². The molecule has 84 valence electrons. The van der Waals surface area contributed by atoms with Crippen LogP contribution in [-0.2, 0) is 6.54 Å². The molecular weight excluding hydrogens is 195 g/mol. The van der Waals surface area contributed by atoms with Crippen LogP contribution in [0.2, 0.25) is 0 Å². The van der Waals surface area contributed by atoms with Crippen molar-refractivity contribution < 1.29 is 9.13 Å². The van der Waals surface area contributed by atoms with Gasteiger partial charge in [-0.15, -0.1) is 0 Å². The van der Waals surface area contributed by atoms with E-state index in [9.17, 15) is 4.39 Å². The maximum atomic E-state index is 12.8. The number of hydrogen-bond acceptors (Lipinski definition) is 3. The summed E-state index contributed by atoms with van der Waals surface area (Å²) in [4.78, 5) is 3.87. The molecule has 2 N–H and O–H groups in total. The van der Waals surface area contributed by atoms with Gasteiger partial charge in [-0.1, -0.05) is 13.8 Å². The molecule has 1 aromatic heterocycles. The van der Waals surface area contributed by atoms with Crippen molar-refractivity contribution >= 4 is 0 Å². The molecular formula is C11H17FN2O. The second-order valence-corrected chi connectivity index (χ2v) is 3.85. The zero-order valence-electron chi connectivity index (χ0n) is 9.16. The van der Waals surface area contributed by atoms with E-state index in [2.05, 4.69) is 18.8 Å². The third-order valence-electron chi connectivity index (χ3n) is 2.05. The maximum absolute atomic E-state index is 12.8. The van der Waals surface area contributed by atoms with E-state index < -0.39 is 0 Å². The van der Waals surface area contributed by atoms with Gasteiger partial charge in [-0.05, 0) is 18.4 Å². The first-order valence-corrected chi connectivity index (χ1v) is 5.10. The number of pyridine rings is 1. The fourth-order valence-electron chi connectivity index (χ4n) is 1.14. The fourth-order valence-corrected chi connectivity index (χ4v) is 1.14. The summed E-state index contributed by atoms with van der Waals surface area (Å²) < 4.78 is 18.2. The lowest BCUT2D eigenvalue weighted by atomic mass is 10.1. The van der Waals surface area contributed by atoms with Crippen LogP contribution in [-0.4, -0.2) is 11.6 Å². The van der Waals surface area contributed by atoms with E-state index in [0.717, 1.165) is 12.6 Å². The average molecular weight is 212 g/mol. The highest BCUT2D eigenvalue weighted by atomic mass is 19.1. The fraction of sp³-hybridized carbons (Fsp3) is 0.545. The van der Waals surface area contributed by atoms with E-state index >= 15 is 0 Å². The zero-order chi connectivity index (χ0) is 11.3. The Morgan fingerprint density at radius 3 is 2.87 bits per heavy atom. The SMILES string of the molecule is CC(C)CCOc1ncc(F)cc1CN. The molecule has 0 spiro atoms.